The summed E-state index contributed by atoms with van der Waals surface area (Å²) in [5.41, 5.74) is 8.69. The molecule has 0 spiro atoms. The number of nitrogen functional groups attached to an aromatic ring is 1. The van der Waals surface area contributed by atoms with E-state index in [2.05, 4.69) is 21.2 Å². The average molecular weight is 337 g/mol. The number of nitrogens with two attached hydrogens (primary N) is 1. The van der Waals surface area contributed by atoms with Gasteiger partial charge < -0.3 is 11.1 Å². The molecule has 0 atom stereocenters. The maximum atomic E-state index is 13.9. The van der Waals surface area contributed by atoms with E-state index in [9.17, 15) is 9.18 Å². The molecule has 0 saturated heterocycles. The molecular formula is C15H14BrFN2O. The fourth-order valence-corrected chi connectivity index (χ4v) is 2.23. The van der Waals surface area contributed by atoms with Crippen LogP contribution in [0.5, 0.6) is 0 Å². The summed E-state index contributed by atoms with van der Waals surface area (Å²) in [6.07, 6.45) is 0. The zero-order chi connectivity index (χ0) is 14.9. The van der Waals surface area contributed by atoms with E-state index in [1.54, 1.807) is 18.2 Å². The number of carbonyl (C=O) groups excluding carboxylic acids is 1. The molecule has 104 valence electrons. The third kappa shape index (κ3) is 2.67. The van der Waals surface area contributed by atoms with Gasteiger partial charge in [-0.2, -0.15) is 0 Å². The highest BCUT2D eigenvalue weighted by Crippen LogP contribution is 2.27. The quantitative estimate of drug-likeness (QED) is 0.813. The normalized spacial score (nSPS) is 10.4. The van der Waals surface area contributed by atoms with Gasteiger partial charge in [-0.1, -0.05) is 12.1 Å². The van der Waals surface area contributed by atoms with E-state index in [0.29, 0.717) is 11.4 Å². The third-order valence-electron chi connectivity index (χ3n) is 3.20. The molecule has 0 saturated carbocycles. The van der Waals surface area contributed by atoms with Gasteiger partial charge in [-0.05, 0) is 59.1 Å². The largest absolute Gasteiger partial charge is 0.397 e. The van der Waals surface area contributed by atoms with Crippen LogP contribution >= 0.6 is 15.9 Å². The van der Waals surface area contributed by atoms with Crippen LogP contribution in [-0.2, 0) is 0 Å². The third-order valence-corrected chi connectivity index (χ3v) is 3.82. The summed E-state index contributed by atoms with van der Waals surface area (Å²) in [7, 11) is 0. The smallest absolute Gasteiger partial charge is 0.258 e. The minimum absolute atomic E-state index is 0.0281. The lowest BCUT2D eigenvalue weighted by Crippen LogP contribution is -2.16. The molecule has 0 unspecified atom stereocenters. The maximum absolute atomic E-state index is 13.9. The molecule has 0 aliphatic carbocycles. The van der Waals surface area contributed by atoms with Crippen molar-refractivity contribution >= 4 is 33.2 Å². The van der Waals surface area contributed by atoms with Crippen molar-refractivity contribution in [3.8, 4) is 0 Å². The number of halogens is 2. The number of amides is 1. The molecule has 20 heavy (non-hydrogen) atoms. The number of benzene rings is 2. The number of nitrogens with one attached hydrogen (secondary N) is 1. The Balaban J connectivity index is 2.38. The second-order valence-electron chi connectivity index (χ2n) is 4.53. The molecule has 3 N–H and O–H groups in total. The highest BCUT2D eigenvalue weighted by molar-refractivity contribution is 9.10. The SMILES string of the molecule is Cc1ccc(N)c(NC(=O)c2cccc(Br)c2F)c1C. The van der Waals surface area contributed by atoms with Gasteiger partial charge in [0.15, 0.2) is 0 Å². The number of hydrogen-bond donors (Lipinski definition) is 2. The highest BCUT2D eigenvalue weighted by atomic mass is 79.9. The zero-order valence-corrected chi connectivity index (χ0v) is 12.7. The first kappa shape index (κ1) is 14.5. The van der Waals surface area contributed by atoms with E-state index in [1.165, 1.54) is 6.07 Å². The van der Waals surface area contributed by atoms with Gasteiger partial charge in [0.2, 0.25) is 0 Å². The Morgan fingerprint density at radius 1 is 1.25 bits per heavy atom. The lowest BCUT2D eigenvalue weighted by atomic mass is 10.1. The molecule has 0 bridgehead atoms. The molecule has 0 heterocycles. The summed E-state index contributed by atoms with van der Waals surface area (Å²) < 4.78 is 14.1. The Labute approximate surface area is 125 Å². The van der Waals surface area contributed by atoms with Gasteiger partial charge in [-0.25, -0.2) is 4.39 Å². The standard InChI is InChI=1S/C15H14BrFN2O/c1-8-6-7-12(18)14(9(8)2)19-15(20)10-4-3-5-11(16)13(10)17/h3-7H,18H2,1-2H3,(H,19,20). The van der Waals surface area contributed by atoms with Crippen LogP contribution < -0.4 is 11.1 Å². The number of hydrogen-bond acceptors (Lipinski definition) is 2. The van der Waals surface area contributed by atoms with Gasteiger partial charge in [0.1, 0.15) is 5.82 Å². The lowest BCUT2D eigenvalue weighted by Gasteiger charge is -2.13. The molecule has 2 aromatic carbocycles. The molecule has 2 rings (SSSR count). The van der Waals surface area contributed by atoms with Crippen LogP contribution in [-0.4, -0.2) is 5.91 Å². The van der Waals surface area contributed by atoms with Crippen molar-refractivity contribution in [2.75, 3.05) is 11.1 Å². The van der Waals surface area contributed by atoms with Gasteiger partial charge in [0, 0.05) is 0 Å². The zero-order valence-electron chi connectivity index (χ0n) is 11.1. The Morgan fingerprint density at radius 3 is 2.65 bits per heavy atom. The van der Waals surface area contributed by atoms with Crippen LogP contribution in [0.25, 0.3) is 0 Å². The van der Waals surface area contributed by atoms with Gasteiger partial charge in [0.05, 0.1) is 21.4 Å². The van der Waals surface area contributed by atoms with Crippen molar-refractivity contribution in [2.45, 2.75) is 13.8 Å². The molecule has 5 heteroatoms. The Morgan fingerprint density at radius 2 is 1.95 bits per heavy atom. The summed E-state index contributed by atoms with van der Waals surface area (Å²) in [6, 6.07) is 8.17. The monoisotopic (exact) mass is 336 g/mol. The fraction of sp³-hybridized carbons (Fsp3) is 0.133. The van der Waals surface area contributed by atoms with Gasteiger partial charge in [-0.3, -0.25) is 4.79 Å². The summed E-state index contributed by atoms with van der Waals surface area (Å²) in [4.78, 5) is 12.2. The second kappa shape index (κ2) is 5.63. The van der Waals surface area contributed by atoms with Crippen LogP contribution in [0.1, 0.15) is 21.5 Å². The summed E-state index contributed by atoms with van der Waals surface area (Å²) in [6.45, 7) is 3.78. The molecule has 1 amide bonds. The molecule has 0 aromatic heterocycles. The van der Waals surface area contributed by atoms with Crippen LogP contribution in [0.15, 0.2) is 34.8 Å². The second-order valence-corrected chi connectivity index (χ2v) is 5.38. The first-order valence-corrected chi connectivity index (χ1v) is 6.82. The number of carbonyl (C=O) groups is 1. The number of anilines is 2. The van der Waals surface area contributed by atoms with Crippen LogP contribution in [0.2, 0.25) is 0 Å². The van der Waals surface area contributed by atoms with E-state index in [0.717, 1.165) is 11.1 Å². The Hall–Kier alpha value is -1.88. The topological polar surface area (TPSA) is 55.1 Å². The van der Waals surface area contributed by atoms with E-state index in [1.807, 2.05) is 19.9 Å². The lowest BCUT2D eigenvalue weighted by molar-refractivity contribution is 0.102. The predicted molar refractivity (Wildman–Crippen MR) is 82.4 cm³/mol. The summed E-state index contributed by atoms with van der Waals surface area (Å²) >= 11 is 3.06. The highest BCUT2D eigenvalue weighted by Gasteiger charge is 2.16. The van der Waals surface area contributed by atoms with Gasteiger partial charge in [-0.15, -0.1) is 0 Å². The van der Waals surface area contributed by atoms with Crippen molar-refractivity contribution < 1.29 is 9.18 Å². The molecule has 0 aliphatic rings. The fourth-order valence-electron chi connectivity index (χ4n) is 1.86. The van der Waals surface area contributed by atoms with Crippen molar-refractivity contribution in [1.82, 2.24) is 0 Å². The van der Waals surface area contributed by atoms with Crippen molar-refractivity contribution in [2.24, 2.45) is 0 Å². The molecular weight excluding hydrogens is 323 g/mol. The predicted octanol–water partition coefficient (Wildman–Crippen LogP) is 4.04. The van der Waals surface area contributed by atoms with E-state index >= 15 is 0 Å². The number of aryl methyl sites for hydroxylation is 1. The van der Waals surface area contributed by atoms with Crippen LogP contribution in [0.3, 0.4) is 0 Å². The summed E-state index contributed by atoms with van der Waals surface area (Å²) in [5.74, 6) is -1.11. The van der Waals surface area contributed by atoms with Crippen molar-refractivity contribution in [1.29, 1.82) is 0 Å². The molecule has 0 radical (unpaired) electrons. The summed E-state index contributed by atoms with van der Waals surface area (Å²) in [5, 5.41) is 2.68. The molecule has 0 fully saturated rings. The van der Waals surface area contributed by atoms with Gasteiger partial charge >= 0.3 is 0 Å². The maximum Gasteiger partial charge on any atom is 0.258 e. The van der Waals surface area contributed by atoms with E-state index < -0.39 is 11.7 Å². The average Bonchev–Trinajstić information content (AvgIpc) is 2.42. The molecule has 3 nitrogen and oxygen atoms in total. The van der Waals surface area contributed by atoms with Crippen LogP contribution in [0.4, 0.5) is 15.8 Å². The minimum atomic E-state index is -0.589. The molecule has 0 aliphatic heterocycles. The van der Waals surface area contributed by atoms with Crippen molar-refractivity contribution in [3.05, 3.63) is 57.3 Å². The Kier molecular flexibility index (Phi) is 4.09. The molecule has 2 aromatic rings. The first-order valence-electron chi connectivity index (χ1n) is 6.03. The first-order chi connectivity index (χ1) is 9.41. The van der Waals surface area contributed by atoms with Crippen LogP contribution in [0, 0.1) is 19.7 Å². The van der Waals surface area contributed by atoms with E-state index in [4.69, 9.17) is 5.73 Å². The number of rotatable bonds is 2. The van der Waals surface area contributed by atoms with Gasteiger partial charge in [0.25, 0.3) is 5.91 Å². The van der Waals surface area contributed by atoms with E-state index in [-0.39, 0.29) is 10.0 Å². The minimum Gasteiger partial charge on any atom is -0.397 e. The Bertz CT molecular complexity index is 686. The van der Waals surface area contributed by atoms with Crippen molar-refractivity contribution in [3.63, 3.8) is 0 Å².